The molecule has 4 nitrogen and oxygen atoms in total. The Hall–Kier alpha value is -1.84. The van der Waals surface area contributed by atoms with Crippen LogP contribution in [0.2, 0.25) is 0 Å². The Labute approximate surface area is 118 Å². The van der Waals surface area contributed by atoms with Crippen LogP contribution in [-0.2, 0) is 17.6 Å². The summed E-state index contributed by atoms with van der Waals surface area (Å²) in [6.07, 6.45) is 5.59. The van der Waals surface area contributed by atoms with Gasteiger partial charge in [0.25, 0.3) is 5.91 Å². The molecule has 1 aromatic carbocycles. The van der Waals surface area contributed by atoms with Gasteiger partial charge < -0.3 is 10.0 Å². The molecule has 1 fully saturated rings. The lowest BCUT2D eigenvalue weighted by Crippen LogP contribution is -2.48. The van der Waals surface area contributed by atoms with Crippen LogP contribution >= 0.6 is 0 Å². The molecule has 0 aromatic heterocycles. The van der Waals surface area contributed by atoms with Gasteiger partial charge in [0.05, 0.1) is 0 Å². The molecule has 0 radical (unpaired) electrons. The van der Waals surface area contributed by atoms with Crippen LogP contribution < -0.4 is 0 Å². The SMILES string of the molecule is O=C(O)[C@@H]1CCCCN1C(=O)c1ccc2c(c1)CCC2. The summed E-state index contributed by atoms with van der Waals surface area (Å²) in [4.78, 5) is 25.4. The molecule has 1 aliphatic heterocycles. The van der Waals surface area contributed by atoms with Crippen LogP contribution in [0.1, 0.15) is 47.2 Å². The Morgan fingerprint density at radius 2 is 1.90 bits per heavy atom. The molecule has 0 bridgehead atoms. The molecule has 0 unspecified atom stereocenters. The normalized spacial score (nSPS) is 21.6. The molecule has 1 N–H and O–H groups in total. The van der Waals surface area contributed by atoms with E-state index in [0.29, 0.717) is 18.5 Å². The maximum absolute atomic E-state index is 12.6. The lowest BCUT2D eigenvalue weighted by molar-refractivity contribution is -0.143. The quantitative estimate of drug-likeness (QED) is 0.899. The number of nitrogens with zero attached hydrogens (tertiary/aromatic N) is 1. The van der Waals surface area contributed by atoms with Gasteiger partial charge in [-0.25, -0.2) is 4.79 Å². The lowest BCUT2D eigenvalue weighted by atomic mass is 9.99. The van der Waals surface area contributed by atoms with Crippen molar-refractivity contribution in [2.24, 2.45) is 0 Å². The summed E-state index contributed by atoms with van der Waals surface area (Å²) in [5.74, 6) is -1.02. The van der Waals surface area contributed by atoms with Crippen molar-refractivity contribution in [1.82, 2.24) is 4.90 Å². The first-order chi connectivity index (χ1) is 9.66. The van der Waals surface area contributed by atoms with Gasteiger partial charge in [-0.2, -0.15) is 0 Å². The van der Waals surface area contributed by atoms with E-state index in [1.807, 2.05) is 18.2 Å². The van der Waals surface area contributed by atoms with Crippen LogP contribution in [0.3, 0.4) is 0 Å². The zero-order chi connectivity index (χ0) is 14.1. The number of carbonyl (C=O) groups excluding carboxylic acids is 1. The molecule has 0 spiro atoms. The zero-order valence-electron chi connectivity index (χ0n) is 11.5. The van der Waals surface area contributed by atoms with Gasteiger partial charge in [-0.15, -0.1) is 0 Å². The van der Waals surface area contributed by atoms with Crippen LogP contribution in [0, 0.1) is 0 Å². The van der Waals surface area contributed by atoms with Gasteiger partial charge in [-0.3, -0.25) is 4.79 Å². The van der Waals surface area contributed by atoms with Crippen LogP contribution in [0.25, 0.3) is 0 Å². The fourth-order valence-electron chi connectivity index (χ4n) is 3.30. The molecular weight excluding hydrogens is 254 g/mol. The van der Waals surface area contributed by atoms with E-state index in [4.69, 9.17) is 0 Å². The molecule has 106 valence electrons. The van der Waals surface area contributed by atoms with Crippen molar-refractivity contribution >= 4 is 11.9 Å². The van der Waals surface area contributed by atoms with Gasteiger partial charge in [-0.05, 0) is 61.8 Å². The topological polar surface area (TPSA) is 57.6 Å². The van der Waals surface area contributed by atoms with Crippen molar-refractivity contribution in [1.29, 1.82) is 0 Å². The highest BCUT2D eigenvalue weighted by molar-refractivity contribution is 5.97. The highest BCUT2D eigenvalue weighted by Gasteiger charge is 2.32. The maximum atomic E-state index is 12.6. The number of benzene rings is 1. The van der Waals surface area contributed by atoms with E-state index in [1.165, 1.54) is 16.0 Å². The van der Waals surface area contributed by atoms with Crippen LogP contribution in [0.4, 0.5) is 0 Å². The molecule has 4 heteroatoms. The summed E-state index contributed by atoms with van der Waals surface area (Å²) in [6, 6.07) is 5.16. The Bertz CT molecular complexity index is 553. The predicted molar refractivity (Wildman–Crippen MR) is 74.8 cm³/mol. The van der Waals surface area contributed by atoms with E-state index < -0.39 is 12.0 Å². The number of carboxylic acids is 1. The first kappa shape index (κ1) is 13.2. The van der Waals surface area contributed by atoms with E-state index >= 15 is 0 Å². The minimum absolute atomic E-state index is 0.133. The summed E-state index contributed by atoms with van der Waals surface area (Å²) in [5, 5.41) is 9.27. The smallest absolute Gasteiger partial charge is 0.326 e. The fourth-order valence-corrected chi connectivity index (χ4v) is 3.30. The Morgan fingerprint density at radius 1 is 1.10 bits per heavy atom. The van der Waals surface area contributed by atoms with E-state index in [9.17, 15) is 14.7 Å². The molecule has 1 amide bonds. The second-order valence-corrected chi connectivity index (χ2v) is 5.69. The van der Waals surface area contributed by atoms with Gasteiger partial charge in [0.15, 0.2) is 0 Å². The molecule has 1 aromatic rings. The minimum Gasteiger partial charge on any atom is -0.480 e. The number of carbonyl (C=O) groups is 2. The first-order valence-electron chi connectivity index (χ1n) is 7.32. The second kappa shape index (κ2) is 5.27. The molecular formula is C16H19NO3. The number of carboxylic acid groups (broad SMARTS) is 1. The third-order valence-electron chi connectivity index (χ3n) is 4.39. The number of aryl methyl sites for hydroxylation is 2. The Kier molecular flexibility index (Phi) is 3.47. The largest absolute Gasteiger partial charge is 0.480 e. The third kappa shape index (κ3) is 2.30. The van der Waals surface area contributed by atoms with Gasteiger partial charge in [0.1, 0.15) is 6.04 Å². The van der Waals surface area contributed by atoms with Crippen molar-refractivity contribution in [2.75, 3.05) is 6.54 Å². The van der Waals surface area contributed by atoms with Crippen LogP contribution in [0.5, 0.6) is 0 Å². The number of amides is 1. The molecule has 0 saturated carbocycles. The molecule has 1 heterocycles. The minimum atomic E-state index is -0.890. The highest BCUT2D eigenvalue weighted by atomic mass is 16.4. The molecule has 2 aliphatic rings. The average molecular weight is 273 g/mol. The van der Waals surface area contributed by atoms with Crippen molar-refractivity contribution in [3.05, 3.63) is 34.9 Å². The second-order valence-electron chi connectivity index (χ2n) is 5.69. The summed E-state index contributed by atoms with van der Waals surface area (Å²) >= 11 is 0. The fraction of sp³-hybridized carbons (Fsp3) is 0.500. The summed E-state index contributed by atoms with van der Waals surface area (Å²) < 4.78 is 0. The van der Waals surface area contributed by atoms with Crippen molar-refractivity contribution in [2.45, 2.75) is 44.6 Å². The van der Waals surface area contributed by atoms with E-state index in [0.717, 1.165) is 32.1 Å². The Morgan fingerprint density at radius 3 is 2.70 bits per heavy atom. The van der Waals surface area contributed by atoms with Gasteiger partial charge in [0.2, 0.25) is 0 Å². The summed E-state index contributed by atoms with van der Waals surface area (Å²) in [7, 11) is 0. The molecule has 20 heavy (non-hydrogen) atoms. The number of aliphatic carboxylic acids is 1. The first-order valence-corrected chi connectivity index (χ1v) is 7.32. The predicted octanol–water partition coefficient (Wildman–Crippen LogP) is 2.25. The third-order valence-corrected chi connectivity index (χ3v) is 4.39. The standard InChI is InChI=1S/C16H19NO3/c18-15(17-9-2-1-6-14(17)16(19)20)13-8-7-11-4-3-5-12(11)10-13/h7-8,10,14H,1-6,9H2,(H,19,20)/t14-/m0/s1. The molecule has 3 rings (SSSR count). The van der Waals surface area contributed by atoms with Crippen LogP contribution in [0.15, 0.2) is 18.2 Å². The lowest BCUT2D eigenvalue weighted by Gasteiger charge is -2.33. The number of hydrogen-bond donors (Lipinski definition) is 1. The van der Waals surface area contributed by atoms with E-state index in [1.54, 1.807) is 0 Å². The Balaban J connectivity index is 1.85. The number of fused-ring (bicyclic) bond motifs is 1. The monoisotopic (exact) mass is 273 g/mol. The van der Waals surface area contributed by atoms with Crippen LogP contribution in [-0.4, -0.2) is 34.5 Å². The van der Waals surface area contributed by atoms with Gasteiger partial charge in [0, 0.05) is 12.1 Å². The number of hydrogen-bond acceptors (Lipinski definition) is 2. The van der Waals surface area contributed by atoms with Crippen molar-refractivity contribution in [3.8, 4) is 0 Å². The highest BCUT2D eigenvalue weighted by Crippen LogP contribution is 2.25. The summed E-state index contributed by atoms with van der Waals surface area (Å²) in [6.45, 7) is 0.548. The number of likely N-dealkylation sites (tertiary alicyclic amines) is 1. The average Bonchev–Trinajstić information content (AvgIpc) is 2.93. The van der Waals surface area contributed by atoms with Gasteiger partial charge >= 0.3 is 5.97 Å². The zero-order valence-corrected chi connectivity index (χ0v) is 11.5. The molecule has 1 saturated heterocycles. The maximum Gasteiger partial charge on any atom is 0.326 e. The van der Waals surface area contributed by atoms with Crippen molar-refractivity contribution < 1.29 is 14.7 Å². The summed E-state index contributed by atoms with van der Waals surface area (Å²) in [5.41, 5.74) is 3.22. The van der Waals surface area contributed by atoms with E-state index in [-0.39, 0.29) is 5.91 Å². The van der Waals surface area contributed by atoms with Crippen molar-refractivity contribution in [3.63, 3.8) is 0 Å². The molecule has 1 atom stereocenters. The number of rotatable bonds is 2. The van der Waals surface area contributed by atoms with E-state index in [2.05, 4.69) is 0 Å². The molecule has 1 aliphatic carbocycles. The van der Waals surface area contributed by atoms with Gasteiger partial charge in [-0.1, -0.05) is 6.07 Å². The number of piperidine rings is 1.